The minimum atomic E-state index is -4.04. The van der Waals surface area contributed by atoms with Crippen LogP contribution in [0.2, 0.25) is 0 Å². The van der Waals surface area contributed by atoms with Crippen molar-refractivity contribution in [3.05, 3.63) is 77.4 Å². The number of methoxy groups -OCH3 is 1. The predicted molar refractivity (Wildman–Crippen MR) is 133 cm³/mol. The number of aromatic nitrogens is 2. The summed E-state index contributed by atoms with van der Waals surface area (Å²) in [5, 5.41) is 7.37. The van der Waals surface area contributed by atoms with Crippen molar-refractivity contribution in [2.45, 2.75) is 24.7 Å². The lowest BCUT2D eigenvalue weighted by atomic mass is 9.97. The van der Waals surface area contributed by atoms with E-state index in [0.29, 0.717) is 35.2 Å². The van der Waals surface area contributed by atoms with Crippen LogP contribution in [0, 0.1) is 6.92 Å². The van der Waals surface area contributed by atoms with Crippen LogP contribution in [0.3, 0.4) is 0 Å². The Balaban J connectivity index is 1.51. The summed E-state index contributed by atoms with van der Waals surface area (Å²) in [6, 6.07) is 16.5. The first kappa shape index (κ1) is 23.6. The summed E-state index contributed by atoms with van der Waals surface area (Å²) in [4.78, 5) is 25.0. The molecule has 0 saturated carbocycles. The van der Waals surface area contributed by atoms with Crippen LogP contribution in [0.5, 0.6) is 11.6 Å². The van der Waals surface area contributed by atoms with Crippen LogP contribution >= 0.6 is 0 Å². The van der Waals surface area contributed by atoms with Crippen molar-refractivity contribution >= 4 is 38.3 Å². The first-order valence-corrected chi connectivity index (χ1v) is 12.7. The monoisotopic (exact) mass is 505 g/mol. The number of fused-ring (bicyclic) bond motifs is 2. The fraction of sp³-hybridized carbons (Fsp3) is 0.192. The summed E-state index contributed by atoms with van der Waals surface area (Å²) in [5.41, 5.74) is 2.90. The Kier molecular flexibility index (Phi) is 5.97. The molecule has 0 spiro atoms. The zero-order chi connectivity index (χ0) is 25.4. The maximum Gasteiger partial charge on any atom is 0.283 e. The lowest BCUT2D eigenvalue weighted by molar-refractivity contribution is -0.116. The standard InChI is InChI=1S/C26H23N3O6S/c1-16-6-10-19(11-7-16)36(32,33)29-22-12-9-18(34-2)14-21(22)26(28-29)35-15-23(30)20-5-3-4-17-8-13-24(31)27-25(17)20/h3-7,9-12,14H,8,13,15H2,1-2H3,(H,27,31). The van der Waals surface area contributed by atoms with E-state index in [-0.39, 0.29) is 28.0 Å². The minimum absolute atomic E-state index is 0.0261. The number of nitrogens with zero attached hydrogens (tertiary/aromatic N) is 2. The number of aryl methyl sites for hydroxylation is 2. The number of rotatable bonds is 7. The number of Topliss-reactive ketones (excluding diaryl/α,β-unsaturated/α-hetero) is 1. The van der Waals surface area contributed by atoms with Crippen molar-refractivity contribution in [3.8, 4) is 11.6 Å². The van der Waals surface area contributed by atoms with Crippen LogP contribution < -0.4 is 14.8 Å². The summed E-state index contributed by atoms with van der Waals surface area (Å²) in [6.45, 7) is 1.46. The molecule has 10 heteroatoms. The molecular weight excluding hydrogens is 482 g/mol. The third-order valence-electron chi connectivity index (χ3n) is 6.05. The Morgan fingerprint density at radius 3 is 2.61 bits per heavy atom. The molecule has 1 amide bonds. The van der Waals surface area contributed by atoms with Crippen LogP contribution in [0.1, 0.15) is 27.9 Å². The number of carbonyl (C=O) groups excluding carboxylic acids is 2. The van der Waals surface area contributed by atoms with Crippen LogP contribution in [0.25, 0.3) is 10.9 Å². The van der Waals surface area contributed by atoms with E-state index in [1.165, 1.54) is 19.2 Å². The van der Waals surface area contributed by atoms with Crippen molar-refractivity contribution < 1.29 is 27.5 Å². The summed E-state index contributed by atoms with van der Waals surface area (Å²) >= 11 is 0. The highest BCUT2D eigenvalue weighted by molar-refractivity contribution is 7.90. The summed E-state index contributed by atoms with van der Waals surface area (Å²) < 4.78 is 38.7. The van der Waals surface area contributed by atoms with E-state index in [0.717, 1.165) is 15.2 Å². The molecule has 1 aliphatic rings. The molecule has 3 aromatic carbocycles. The number of anilines is 1. The molecule has 1 N–H and O–H groups in total. The Labute approximate surface area is 207 Å². The fourth-order valence-electron chi connectivity index (χ4n) is 4.12. The number of amides is 1. The molecule has 0 bridgehead atoms. The molecule has 2 heterocycles. The van der Waals surface area contributed by atoms with Gasteiger partial charge in [-0.15, -0.1) is 9.19 Å². The maximum absolute atomic E-state index is 13.4. The molecule has 9 nitrogen and oxygen atoms in total. The molecule has 5 rings (SSSR count). The predicted octanol–water partition coefficient (Wildman–Crippen LogP) is 3.74. The Bertz CT molecular complexity index is 1610. The van der Waals surface area contributed by atoms with Gasteiger partial charge in [-0.25, -0.2) is 0 Å². The molecule has 0 unspecified atom stereocenters. The van der Waals surface area contributed by atoms with Crippen molar-refractivity contribution in [1.82, 2.24) is 9.19 Å². The van der Waals surface area contributed by atoms with E-state index in [1.807, 2.05) is 13.0 Å². The van der Waals surface area contributed by atoms with Gasteiger partial charge < -0.3 is 14.8 Å². The van der Waals surface area contributed by atoms with Gasteiger partial charge in [0.15, 0.2) is 6.61 Å². The van der Waals surface area contributed by atoms with Gasteiger partial charge in [-0.3, -0.25) is 9.59 Å². The number of nitrogens with one attached hydrogen (secondary N) is 1. The van der Waals surface area contributed by atoms with Crippen LogP contribution in [-0.4, -0.2) is 43.0 Å². The minimum Gasteiger partial charge on any atom is -0.497 e. The van der Waals surface area contributed by atoms with Crippen molar-refractivity contribution in [3.63, 3.8) is 0 Å². The Morgan fingerprint density at radius 2 is 1.86 bits per heavy atom. The normalized spacial score (nSPS) is 13.2. The molecule has 4 aromatic rings. The summed E-state index contributed by atoms with van der Waals surface area (Å²) in [5.74, 6) is -0.0737. The SMILES string of the molecule is COc1ccc2c(c1)c(OCC(=O)c1cccc3c1NC(=O)CC3)nn2S(=O)(=O)c1ccc(C)cc1. The number of para-hydroxylation sites is 1. The van der Waals surface area contributed by atoms with E-state index >= 15 is 0 Å². The van der Waals surface area contributed by atoms with Gasteiger partial charge in [-0.1, -0.05) is 29.8 Å². The van der Waals surface area contributed by atoms with Gasteiger partial charge in [0.25, 0.3) is 10.0 Å². The molecule has 0 atom stereocenters. The van der Waals surface area contributed by atoms with Crippen molar-refractivity contribution in [2.75, 3.05) is 19.0 Å². The second-order valence-electron chi connectivity index (χ2n) is 8.45. The van der Waals surface area contributed by atoms with Gasteiger partial charge >= 0.3 is 0 Å². The third kappa shape index (κ3) is 4.20. The van der Waals surface area contributed by atoms with E-state index in [2.05, 4.69) is 10.4 Å². The van der Waals surface area contributed by atoms with Crippen LogP contribution in [-0.2, 0) is 21.2 Å². The largest absolute Gasteiger partial charge is 0.497 e. The molecular formula is C26H23N3O6S. The highest BCUT2D eigenvalue weighted by Gasteiger charge is 2.26. The molecule has 36 heavy (non-hydrogen) atoms. The first-order chi connectivity index (χ1) is 17.3. The zero-order valence-electron chi connectivity index (χ0n) is 19.6. The van der Waals surface area contributed by atoms with Gasteiger partial charge in [0.1, 0.15) is 5.75 Å². The smallest absolute Gasteiger partial charge is 0.283 e. The van der Waals surface area contributed by atoms with E-state index in [4.69, 9.17) is 9.47 Å². The Hall–Kier alpha value is -4.18. The molecule has 0 fully saturated rings. The molecule has 184 valence electrons. The van der Waals surface area contributed by atoms with Gasteiger partial charge in [0.05, 0.1) is 28.6 Å². The number of ketones is 1. The topological polar surface area (TPSA) is 117 Å². The fourth-order valence-corrected chi connectivity index (χ4v) is 5.40. The maximum atomic E-state index is 13.4. The van der Waals surface area contributed by atoms with Crippen molar-refractivity contribution in [2.24, 2.45) is 0 Å². The second-order valence-corrected chi connectivity index (χ2v) is 10.2. The zero-order valence-corrected chi connectivity index (χ0v) is 20.5. The molecule has 1 aromatic heterocycles. The number of hydrogen-bond donors (Lipinski definition) is 1. The number of ether oxygens (including phenoxy) is 2. The lowest BCUT2D eigenvalue weighted by Gasteiger charge is -2.19. The van der Waals surface area contributed by atoms with Crippen LogP contribution in [0.15, 0.2) is 65.6 Å². The number of carbonyl (C=O) groups is 2. The first-order valence-electron chi connectivity index (χ1n) is 11.2. The van der Waals surface area contributed by atoms with Gasteiger partial charge in [0, 0.05) is 12.0 Å². The van der Waals surface area contributed by atoms with E-state index < -0.39 is 16.6 Å². The quantitative estimate of drug-likeness (QED) is 0.380. The van der Waals surface area contributed by atoms with Gasteiger partial charge in [-0.2, -0.15) is 8.42 Å². The van der Waals surface area contributed by atoms with E-state index in [1.54, 1.807) is 42.5 Å². The van der Waals surface area contributed by atoms with Gasteiger partial charge in [-0.05, 0) is 55.3 Å². The number of hydrogen-bond acceptors (Lipinski definition) is 7. The molecule has 0 saturated heterocycles. The molecule has 0 aliphatic carbocycles. The lowest BCUT2D eigenvalue weighted by Crippen LogP contribution is -2.23. The average molecular weight is 506 g/mol. The highest BCUT2D eigenvalue weighted by atomic mass is 32.2. The summed E-state index contributed by atoms with van der Waals surface area (Å²) in [7, 11) is -2.55. The Morgan fingerprint density at radius 1 is 1.08 bits per heavy atom. The molecule has 0 radical (unpaired) electrons. The molecule has 1 aliphatic heterocycles. The van der Waals surface area contributed by atoms with Gasteiger partial charge in [0.2, 0.25) is 17.6 Å². The summed E-state index contributed by atoms with van der Waals surface area (Å²) in [6.07, 6.45) is 0.913. The average Bonchev–Trinajstić information content (AvgIpc) is 3.25. The third-order valence-corrected chi connectivity index (χ3v) is 7.65. The van der Waals surface area contributed by atoms with Crippen LogP contribution in [0.4, 0.5) is 5.69 Å². The second kappa shape index (κ2) is 9.12. The van der Waals surface area contributed by atoms with Crippen molar-refractivity contribution in [1.29, 1.82) is 0 Å². The van der Waals surface area contributed by atoms with E-state index in [9.17, 15) is 18.0 Å². The number of benzene rings is 3. The highest BCUT2D eigenvalue weighted by Crippen LogP contribution is 2.32.